The van der Waals surface area contributed by atoms with Crippen molar-refractivity contribution in [3.63, 3.8) is 0 Å². The highest BCUT2D eigenvalue weighted by Crippen LogP contribution is 2.23. The van der Waals surface area contributed by atoms with Gasteiger partial charge in [0.1, 0.15) is 5.76 Å². The zero-order valence-corrected chi connectivity index (χ0v) is 11.0. The van der Waals surface area contributed by atoms with E-state index in [-0.39, 0.29) is 0 Å². The lowest BCUT2D eigenvalue weighted by molar-refractivity contribution is 0.112. The van der Waals surface area contributed by atoms with Gasteiger partial charge in [0, 0.05) is 22.8 Å². The lowest BCUT2D eigenvalue weighted by Crippen LogP contribution is -2.17. The summed E-state index contributed by atoms with van der Waals surface area (Å²) in [4.78, 5) is 13.0. The molecule has 0 spiro atoms. The molecule has 0 radical (unpaired) electrons. The monoisotopic (exact) mass is 293 g/mol. The van der Waals surface area contributed by atoms with Crippen LogP contribution in [0.25, 0.3) is 0 Å². The smallest absolute Gasteiger partial charge is 0.152 e. The van der Waals surface area contributed by atoms with Crippen LogP contribution >= 0.6 is 15.9 Å². The highest BCUT2D eigenvalue weighted by Gasteiger charge is 2.09. The molecule has 1 aromatic carbocycles. The highest BCUT2D eigenvalue weighted by molar-refractivity contribution is 9.10. The number of nitrogens with zero attached hydrogens (tertiary/aromatic N) is 1. The van der Waals surface area contributed by atoms with E-state index in [2.05, 4.69) is 15.9 Å². The number of halogens is 1. The third-order valence-corrected chi connectivity index (χ3v) is 2.99. The fourth-order valence-corrected chi connectivity index (χ4v) is 2.07. The molecule has 0 fully saturated rings. The lowest BCUT2D eigenvalue weighted by atomic mass is 10.2. The van der Waals surface area contributed by atoms with Crippen LogP contribution in [-0.2, 0) is 6.54 Å². The number of hydrogen-bond acceptors (Lipinski definition) is 3. The van der Waals surface area contributed by atoms with E-state index in [4.69, 9.17) is 4.42 Å². The molecule has 0 unspecified atom stereocenters. The van der Waals surface area contributed by atoms with Gasteiger partial charge in [0.15, 0.2) is 6.29 Å². The van der Waals surface area contributed by atoms with Crippen molar-refractivity contribution < 1.29 is 9.21 Å². The molecule has 1 heterocycles. The number of rotatable bonds is 4. The second-order valence-corrected chi connectivity index (χ2v) is 4.67. The van der Waals surface area contributed by atoms with Gasteiger partial charge in [-0.2, -0.15) is 0 Å². The Balaban J connectivity index is 2.24. The van der Waals surface area contributed by atoms with Crippen LogP contribution in [0.4, 0.5) is 5.69 Å². The van der Waals surface area contributed by atoms with E-state index in [1.54, 1.807) is 12.3 Å². The van der Waals surface area contributed by atoms with E-state index in [1.807, 2.05) is 36.2 Å². The number of carbonyl (C=O) groups excluding carboxylic acids is 1. The van der Waals surface area contributed by atoms with Gasteiger partial charge in [-0.25, -0.2) is 0 Å². The maximum Gasteiger partial charge on any atom is 0.152 e. The van der Waals surface area contributed by atoms with Gasteiger partial charge in [-0.15, -0.1) is 0 Å². The molecule has 17 heavy (non-hydrogen) atoms. The van der Waals surface area contributed by atoms with E-state index >= 15 is 0 Å². The van der Waals surface area contributed by atoms with Crippen LogP contribution in [0.5, 0.6) is 0 Å². The lowest BCUT2D eigenvalue weighted by Gasteiger charge is -2.19. The van der Waals surface area contributed by atoms with Crippen LogP contribution in [0.2, 0.25) is 0 Å². The predicted octanol–water partition coefficient (Wildman–Crippen LogP) is 3.49. The first-order valence-corrected chi connectivity index (χ1v) is 5.98. The van der Waals surface area contributed by atoms with Crippen molar-refractivity contribution in [1.29, 1.82) is 0 Å². The average Bonchev–Trinajstić information content (AvgIpc) is 2.81. The second kappa shape index (κ2) is 5.19. The van der Waals surface area contributed by atoms with Gasteiger partial charge in [0.2, 0.25) is 0 Å². The number of anilines is 1. The molecule has 0 atom stereocenters. The molecule has 0 aliphatic heterocycles. The summed E-state index contributed by atoms with van der Waals surface area (Å²) in [7, 11) is 1.93. The molecule has 0 aliphatic rings. The third kappa shape index (κ3) is 2.77. The minimum Gasteiger partial charge on any atom is -0.467 e. The molecule has 0 aliphatic carbocycles. The number of furan rings is 1. The van der Waals surface area contributed by atoms with E-state index in [0.717, 1.165) is 22.2 Å². The quantitative estimate of drug-likeness (QED) is 0.809. The molecule has 0 saturated heterocycles. The number of benzene rings is 1. The third-order valence-electron chi connectivity index (χ3n) is 2.50. The molecule has 0 saturated carbocycles. The maximum absolute atomic E-state index is 11.0. The van der Waals surface area contributed by atoms with Crippen LogP contribution in [0, 0.1) is 0 Å². The summed E-state index contributed by atoms with van der Waals surface area (Å²) in [6.45, 7) is 0.634. The molecule has 4 heteroatoms. The van der Waals surface area contributed by atoms with Crippen molar-refractivity contribution in [3.05, 3.63) is 52.4 Å². The Bertz CT molecular complexity index is 508. The summed E-state index contributed by atoms with van der Waals surface area (Å²) in [5.74, 6) is 0.868. The highest BCUT2D eigenvalue weighted by atomic mass is 79.9. The van der Waals surface area contributed by atoms with Crippen LogP contribution < -0.4 is 4.90 Å². The number of aldehydes is 1. The van der Waals surface area contributed by atoms with Crippen molar-refractivity contribution in [2.75, 3.05) is 11.9 Å². The zero-order chi connectivity index (χ0) is 12.3. The topological polar surface area (TPSA) is 33.5 Å². The summed E-state index contributed by atoms with van der Waals surface area (Å²) in [5.41, 5.74) is 1.55. The normalized spacial score (nSPS) is 10.2. The summed E-state index contributed by atoms with van der Waals surface area (Å²) >= 11 is 3.35. The summed E-state index contributed by atoms with van der Waals surface area (Å²) in [6, 6.07) is 9.40. The number of hydrogen-bond donors (Lipinski definition) is 0. The molecule has 0 bridgehead atoms. The molecule has 1 aromatic heterocycles. The minimum atomic E-state index is 0.634. The molecule has 0 amide bonds. The molecule has 2 rings (SSSR count). The van der Waals surface area contributed by atoms with Crippen molar-refractivity contribution in [1.82, 2.24) is 0 Å². The Hall–Kier alpha value is -1.55. The predicted molar refractivity (Wildman–Crippen MR) is 70.3 cm³/mol. The SMILES string of the molecule is CN(Cc1ccco1)c1ccc(Br)cc1C=O. The van der Waals surface area contributed by atoms with Gasteiger partial charge in [-0.3, -0.25) is 4.79 Å². The van der Waals surface area contributed by atoms with Gasteiger partial charge >= 0.3 is 0 Å². The first-order valence-electron chi connectivity index (χ1n) is 5.19. The van der Waals surface area contributed by atoms with E-state index in [9.17, 15) is 4.79 Å². The van der Waals surface area contributed by atoms with Crippen LogP contribution in [0.15, 0.2) is 45.5 Å². The standard InChI is InChI=1S/C13H12BrNO2/c1-15(8-12-3-2-6-17-12)13-5-4-11(14)7-10(13)9-16/h2-7,9H,8H2,1H3. The molecule has 2 aromatic rings. The Morgan fingerprint density at radius 3 is 2.88 bits per heavy atom. The van der Waals surface area contributed by atoms with Crippen LogP contribution in [0.1, 0.15) is 16.1 Å². The number of carbonyl (C=O) groups is 1. The molecular formula is C13H12BrNO2. The second-order valence-electron chi connectivity index (χ2n) is 3.76. The molecular weight excluding hydrogens is 282 g/mol. The van der Waals surface area contributed by atoms with Gasteiger partial charge in [-0.1, -0.05) is 15.9 Å². The first-order chi connectivity index (χ1) is 8.20. The summed E-state index contributed by atoms with van der Waals surface area (Å²) in [6.07, 6.45) is 2.50. The average molecular weight is 294 g/mol. The Kier molecular flexibility index (Phi) is 3.64. The molecule has 88 valence electrons. The summed E-state index contributed by atoms with van der Waals surface area (Å²) < 4.78 is 6.18. The Labute approximate surface area is 108 Å². The van der Waals surface area contributed by atoms with Crippen molar-refractivity contribution in [3.8, 4) is 0 Å². The minimum absolute atomic E-state index is 0.634. The van der Waals surface area contributed by atoms with E-state index in [0.29, 0.717) is 12.1 Å². The fourth-order valence-electron chi connectivity index (χ4n) is 1.69. The Morgan fingerprint density at radius 2 is 2.24 bits per heavy atom. The molecule has 0 N–H and O–H groups in total. The van der Waals surface area contributed by atoms with Crippen molar-refractivity contribution >= 4 is 27.9 Å². The van der Waals surface area contributed by atoms with Gasteiger partial charge < -0.3 is 9.32 Å². The summed E-state index contributed by atoms with van der Waals surface area (Å²) in [5, 5.41) is 0. The van der Waals surface area contributed by atoms with Crippen LogP contribution in [0.3, 0.4) is 0 Å². The fraction of sp³-hybridized carbons (Fsp3) is 0.154. The Morgan fingerprint density at radius 1 is 1.41 bits per heavy atom. The van der Waals surface area contributed by atoms with Crippen molar-refractivity contribution in [2.24, 2.45) is 0 Å². The zero-order valence-electron chi connectivity index (χ0n) is 9.39. The first kappa shape index (κ1) is 11.9. The van der Waals surface area contributed by atoms with Gasteiger partial charge in [-0.05, 0) is 30.3 Å². The van der Waals surface area contributed by atoms with Gasteiger partial charge in [0.05, 0.1) is 12.8 Å². The maximum atomic E-state index is 11.0. The van der Waals surface area contributed by atoms with E-state index < -0.39 is 0 Å². The van der Waals surface area contributed by atoms with Crippen molar-refractivity contribution in [2.45, 2.75) is 6.54 Å². The van der Waals surface area contributed by atoms with E-state index in [1.165, 1.54) is 0 Å². The largest absolute Gasteiger partial charge is 0.467 e. The van der Waals surface area contributed by atoms with Crippen LogP contribution in [-0.4, -0.2) is 13.3 Å². The molecule has 3 nitrogen and oxygen atoms in total. The van der Waals surface area contributed by atoms with Gasteiger partial charge in [0.25, 0.3) is 0 Å².